The van der Waals surface area contributed by atoms with Crippen LogP contribution < -0.4 is 14.5 Å². The zero-order chi connectivity index (χ0) is 21.1. The third-order valence-electron chi connectivity index (χ3n) is 4.96. The quantitative estimate of drug-likeness (QED) is 0.572. The number of anilines is 1. The van der Waals surface area contributed by atoms with Gasteiger partial charge in [0.1, 0.15) is 12.3 Å². The second kappa shape index (κ2) is 8.45. The van der Waals surface area contributed by atoms with Crippen LogP contribution in [0.25, 0.3) is 0 Å². The van der Waals surface area contributed by atoms with E-state index in [1.165, 1.54) is 12.7 Å². The topological polar surface area (TPSA) is 71.4 Å². The smallest absolute Gasteiger partial charge is 0.343 e. The lowest BCUT2D eigenvalue weighted by molar-refractivity contribution is -0.901. The number of rotatable bonds is 7. The van der Waals surface area contributed by atoms with Crippen molar-refractivity contribution >= 4 is 23.5 Å². The Labute approximate surface area is 170 Å². The van der Waals surface area contributed by atoms with Crippen LogP contribution in [0.5, 0.6) is 5.75 Å². The Kier molecular flexibility index (Phi) is 5.98. The minimum Gasteiger partial charge on any atom is -0.497 e. The lowest BCUT2D eigenvalue weighted by atomic mass is 10.0. The fourth-order valence-corrected chi connectivity index (χ4v) is 3.30. The number of carbonyl (C=O) groups is 3. The predicted molar refractivity (Wildman–Crippen MR) is 109 cm³/mol. The molecule has 1 aliphatic heterocycles. The molecule has 2 aromatic carbocycles. The van der Waals surface area contributed by atoms with E-state index >= 15 is 0 Å². The van der Waals surface area contributed by atoms with E-state index in [0.717, 1.165) is 20.3 Å². The Hall–Kier alpha value is -3.19. The van der Waals surface area contributed by atoms with Crippen molar-refractivity contribution in [1.29, 1.82) is 0 Å². The molecule has 0 radical (unpaired) electrons. The lowest BCUT2D eigenvalue weighted by Crippen LogP contribution is -3.09. The van der Waals surface area contributed by atoms with Gasteiger partial charge in [-0.1, -0.05) is 38.1 Å². The number of imide groups is 2. The van der Waals surface area contributed by atoms with Crippen molar-refractivity contribution in [3.63, 3.8) is 0 Å². The normalized spacial score (nSPS) is 15.4. The van der Waals surface area contributed by atoms with Gasteiger partial charge < -0.3 is 9.64 Å². The molecule has 1 heterocycles. The SMILES string of the molecule is COc1ccc(N2C(=O)C(=O)N(C[NH+](C)Cc3ccc(C(C)C)cc3)C2=O)cc1. The highest BCUT2D eigenvalue weighted by Gasteiger charge is 2.46. The minimum absolute atomic E-state index is 0.113. The van der Waals surface area contributed by atoms with E-state index in [9.17, 15) is 14.4 Å². The number of quaternary nitrogens is 1. The molecule has 29 heavy (non-hydrogen) atoms. The zero-order valence-corrected chi connectivity index (χ0v) is 17.1. The molecule has 4 amide bonds. The summed E-state index contributed by atoms with van der Waals surface area (Å²) in [6.45, 7) is 5.03. The molecule has 1 fully saturated rings. The molecule has 1 atom stereocenters. The van der Waals surface area contributed by atoms with Gasteiger partial charge in [0, 0.05) is 5.56 Å². The third-order valence-corrected chi connectivity index (χ3v) is 4.96. The Morgan fingerprint density at radius 1 is 0.931 bits per heavy atom. The molecule has 0 saturated carbocycles. The molecule has 1 N–H and O–H groups in total. The van der Waals surface area contributed by atoms with E-state index in [2.05, 4.69) is 38.1 Å². The molecule has 1 aliphatic rings. The molecule has 0 aliphatic carbocycles. The van der Waals surface area contributed by atoms with Crippen LogP contribution in [0.2, 0.25) is 0 Å². The summed E-state index contributed by atoms with van der Waals surface area (Å²) in [4.78, 5) is 40.4. The van der Waals surface area contributed by atoms with Crippen molar-refractivity contribution < 1.29 is 24.0 Å². The van der Waals surface area contributed by atoms with Gasteiger partial charge in [-0.3, -0.25) is 9.59 Å². The van der Waals surface area contributed by atoms with E-state index < -0.39 is 17.8 Å². The fourth-order valence-electron chi connectivity index (χ4n) is 3.30. The monoisotopic (exact) mass is 396 g/mol. The summed E-state index contributed by atoms with van der Waals surface area (Å²) >= 11 is 0. The van der Waals surface area contributed by atoms with Gasteiger partial charge in [0.15, 0.2) is 6.67 Å². The van der Waals surface area contributed by atoms with Gasteiger partial charge in [-0.15, -0.1) is 0 Å². The van der Waals surface area contributed by atoms with Gasteiger partial charge >= 0.3 is 17.8 Å². The molecule has 3 rings (SSSR count). The summed E-state index contributed by atoms with van der Waals surface area (Å²) in [7, 11) is 3.42. The average molecular weight is 396 g/mol. The number of nitrogens with zero attached hydrogens (tertiary/aromatic N) is 2. The molecule has 0 spiro atoms. The Morgan fingerprint density at radius 2 is 1.55 bits per heavy atom. The highest BCUT2D eigenvalue weighted by atomic mass is 16.5. The molecule has 1 unspecified atom stereocenters. The zero-order valence-electron chi connectivity index (χ0n) is 17.1. The number of urea groups is 1. The molecular weight excluding hydrogens is 370 g/mol. The van der Waals surface area contributed by atoms with Crippen molar-refractivity contribution in [3.8, 4) is 5.75 Å². The van der Waals surface area contributed by atoms with Crippen LogP contribution in [0, 0.1) is 0 Å². The maximum Gasteiger partial charge on any atom is 0.343 e. The number of carbonyl (C=O) groups excluding carboxylic acids is 3. The maximum atomic E-state index is 12.8. The van der Waals surface area contributed by atoms with Gasteiger partial charge in [-0.25, -0.2) is 14.6 Å². The number of amides is 4. The van der Waals surface area contributed by atoms with Gasteiger partial charge in [-0.2, -0.15) is 0 Å². The van der Waals surface area contributed by atoms with E-state index in [-0.39, 0.29) is 6.67 Å². The molecule has 1 saturated heterocycles. The van der Waals surface area contributed by atoms with Crippen LogP contribution in [-0.4, -0.2) is 43.6 Å². The lowest BCUT2D eigenvalue weighted by Gasteiger charge is -2.20. The summed E-state index contributed by atoms with van der Waals surface area (Å²) in [5, 5.41) is 0. The van der Waals surface area contributed by atoms with Crippen LogP contribution in [0.15, 0.2) is 48.5 Å². The molecule has 0 aromatic heterocycles. The van der Waals surface area contributed by atoms with Crippen LogP contribution in [0.3, 0.4) is 0 Å². The van der Waals surface area contributed by atoms with Crippen molar-refractivity contribution in [3.05, 3.63) is 59.7 Å². The number of methoxy groups -OCH3 is 1. The van der Waals surface area contributed by atoms with Gasteiger partial charge in [0.05, 0.1) is 19.8 Å². The van der Waals surface area contributed by atoms with Crippen LogP contribution in [0.4, 0.5) is 10.5 Å². The largest absolute Gasteiger partial charge is 0.497 e. The minimum atomic E-state index is -0.839. The summed E-state index contributed by atoms with van der Waals surface area (Å²) in [5.41, 5.74) is 2.71. The van der Waals surface area contributed by atoms with Gasteiger partial charge in [0.2, 0.25) is 0 Å². The van der Waals surface area contributed by atoms with Gasteiger partial charge in [0.25, 0.3) is 0 Å². The maximum absolute atomic E-state index is 12.8. The number of hydrogen-bond acceptors (Lipinski definition) is 4. The predicted octanol–water partition coefficient (Wildman–Crippen LogP) is 1.79. The van der Waals surface area contributed by atoms with E-state index in [4.69, 9.17) is 4.74 Å². The average Bonchev–Trinajstić information content (AvgIpc) is 2.92. The molecular formula is C22H26N3O4+. The van der Waals surface area contributed by atoms with Gasteiger partial charge in [-0.05, 0) is 35.7 Å². The number of ether oxygens (including phenoxy) is 1. The van der Waals surface area contributed by atoms with Crippen LogP contribution >= 0.6 is 0 Å². The molecule has 2 aromatic rings. The molecule has 0 bridgehead atoms. The Bertz CT molecular complexity index is 907. The van der Waals surface area contributed by atoms with Crippen molar-refractivity contribution in [2.45, 2.75) is 26.3 Å². The van der Waals surface area contributed by atoms with E-state index in [1.54, 1.807) is 24.3 Å². The first-order valence-corrected chi connectivity index (χ1v) is 9.56. The molecule has 152 valence electrons. The summed E-state index contributed by atoms with van der Waals surface area (Å²) in [6.07, 6.45) is 0. The first kappa shape index (κ1) is 20.5. The highest BCUT2D eigenvalue weighted by Crippen LogP contribution is 2.24. The van der Waals surface area contributed by atoms with E-state index in [1.807, 2.05) is 7.05 Å². The summed E-state index contributed by atoms with van der Waals surface area (Å²) in [5.74, 6) is -0.581. The van der Waals surface area contributed by atoms with E-state index in [0.29, 0.717) is 23.9 Å². The van der Waals surface area contributed by atoms with Crippen LogP contribution in [0.1, 0.15) is 30.9 Å². The van der Waals surface area contributed by atoms with Crippen LogP contribution in [-0.2, 0) is 16.1 Å². The number of nitrogens with one attached hydrogen (secondary N) is 1. The first-order valence-electron chi connectivity index (χ1n) is 9.56. The summed E-state index contributed by atoms with van der Waals surface area (Å²) < 4.78 is 5.09. The number of hydrogen-bond donors (Lipinski definition) is 1. The van der Waals surface area contributed by atoms with Crippen molar-refractivity contribution in [1.82, 2.24) is 4.90 Å². The Morgan fingerprint density at radius 3 is 2.10 bits per heavy atom. The molecule has 7 nitrogen and oxygen atoms in total. The second-order valence-corrected chi connectivity index (χ2v) is 7.54. The second-order valence-electron chi connectivity index (χ2n) is 7.54. The third kappa shape index (κ3) is 4.30. The standard InChI is InChI=1S/C22H25N3O4/c1-15(2)17-7-5-16(6-8-17)13-23(3)14-24-20(26)21(27)25(22(24)28)18-9-11-19(29-4)12-10-18/h5-12,15H,13-14H2,1-4H3/p+1. The fraction of sp³-hybridized carbons (Fsp3) is 0.318. The molecule has 7 heteroatoms. The number of benzene rings is 2. The van der Waals surface area contributed by atoms with Crippen molar-refractivity contribution in [2.24, 2.45) is 0 Å². The summed E-state index contributed by atoms with van der Waals surface area (Å²) in [6, 6.07) is 14.1. The highest BCUT2D eigenvalue weighted by molar-refractivity contribution is 6.52. The Balaban J connectivity index is 1.69. The van der Waals surface area contributed by atoms with Crippen molar-refractivity contribution in [2.75, 3.05) is 25.7 Å². The first-order chi connectivity index (χ1) is 13.8.